The maximum Gasteiger partial charge on any atom is 0.414 e. The summed E-state index contributed by atoms with van der Waals surface area (Å²) in [7, 11) is 0. The molecule has 0 saturated heterocycles. The van der Waals surface area contributed by atoms with Gasteiger partial charge in [0.15, 0.2) is 0 Å². The minimum absolute atomic E-state index is 0.181. The third-order valence-electron chi connectivity index (χ3n) is 3.80. The van der Waals surface area contributed by atoms with E-state index in [1.54, 1.807) is 4.90 Å². The third-order valence-corrected chi connectivity index (χ3v) is 3.80. The quantitative estimate of drug-likeness (QED) is 0.817. The molecule has 0 spiro atoms. The number of hydrogen-bond donors (Lipinski definition) is 0. The van der Waals surface area contributed by atoms with Gasteiger partial charge in [-0.1, -0.05) is 48.5 Å². The summed E-state index contributed by atoms with van der Waals surface area (Å²) < 4.78 is 5.39. The Bertz CT molecular complexity index is 669. The largest absolute Gasteiger partial charge is 0.444 e. The van der Waals surface area contributed by atoms with E-state index in [1.807, 2.05) is 54.6 Å². The smallest absolute Gasteiger partial charge is 0.414 e. The van der Waals surface area contributed by atoms with Crippen LogP contribution in [0.1, 0.15) is 11.1 Å². The molecule has 0 saturated carbocycles. The van der Waals surface area contributed by atoms with Gasteiger partial charge in [0.05, 0.1) is 5.69 Å². The second-order valence-corrected chi connectivity index (χ2v) is 5.38. The van der Waals surface area contributed by atoms with Crippen LogP contribution in [0.25, 0.3) is 0 Å². The van der Waals surface area contributed by atoms with Crippen LogP contribution in [0.3, 0.4) is 0 Å². The number of ether oxygens (including phenoxy) is 1. The molecule has 4 nitrogen and oxygen atoms in total. The fraction of sp³-hybridized carbons (Fsp3) is 0.222. The second kappa shape index (κ2) is 6.43. The Kier molecular flexibility index (Phi) is 4.19. The third kappa shape index (κ3) is 3.01. The number of rotatable bonds is 3. The summed E-state index contributed by atoms with van der Waals surface area (Å²) in [6.07, 6.45) is 1.16. The predicted octanol–water partition coefficient (Wildman–Crippen LogP) is 3.20. The minimum atomic E-state index is -0.414. The van der Waals surface area contributed by atoms with Crippen LogP contribution < -0.4 is 4.90 Å². The molecule has 0 radical (unpaired) electrons. The van der Waals surface area contributed by atoms with Gasteiger partial charge in [-0.2, -0.15) is 0 Å². The van der Waals surface area contributed by atoms with Crippen molar-refractivity contribution >= 4 is 18.1 Å². The molecule has 3 rings (SSSR count). The SMILES string of the molecule is O=CC1Cc2ccccc2N(C(=O)OCc2ccccc2)C1. The Hall–Kier alpha value is -2.62. The van der Waals surface area contributed by atoms with Gasteiger partial charge < -0.3 is 9.53 Å². The molecule has 1 heterocycles. The molecule has 4 heteroatoms. The lowest BCUT2D eigenvalue weighted by molar-refractivity contribution is -0.110. The van der Waals surface area contributed by atoms with Crippen molar-refractivity contribution in [1.29, 1.82) is 0 Å². The van der Waals surface area contributed by atoms with Crippen molar-refractivity contribution in [3.8, 4) is 0 Å². The fourth-order valence-electron chi connectivity index (χ4n) is 2.69. The Morgan fingerprint density at radius 3 is 2.64 bits per heavy atom. The number of fused-ring (bicyclic) bond motifs is 1. The molecule has 0 bridgehead atoms. The minimum Gasteiger partial charge on any atom is -0.444 e. The molecule has 0 aliphatic carbocycles. The Morgan fingerprint density at radius 1 is 1.14 bits per heavy atom. The summed E-state index contributed by atoms with van der Waals surface area (Å²) in [6.45, 7) is 0.595. The zero-order valence-corrected chi connectivity index (χ0v) is 12.1. The summed E-state index contributed by atoms with van der Waals surface area (Å²) in [5.41, 5.74) is 2.77. The van der Waals surface area contributed by atoms with E-state index in [0.717, 1.165) is 23.1 Å². The van der Waals surface area contributed by atoms with Gasteiger partial charge in [0.1, 0.15) is 12.9 Å². The molecule has 1 aliphatic rings. The van der Waals surface area contributed by atoms with Crippen LogP contribution in [-0.4, -0.2) is 18.9 Å². The highest BCUT2D eigenvalue weighted by molar-refractivity contribution is 5.90. The highest BCUT2D eigenvalue weighted by atomic mass is 16.6. The van der Waals surface area contributed by atoms with Crippen LogP contribution in [-0.2, 0) is 22.6 Å². The van der Waals surface area contributed by atoms with E-state index in [0.29, 0.717) is 13.0 Å². The van der Waals surface area contributed by atoms with Gasteiger partial charge in [-0.05, 0) is 23.6 Å². The molecule has 1 atom stereocenters. The van der Waals surface area contributed by atoms with E-state index in [2.05, 4.69) is 0 Å². The topological polar surface area (TPSA) is 46.6 Å². The maximum absolute atomic E-state index is 12.4. The van der Waals surface area contributed by atoms with Gasteiger partial charge in [0, 0.05) is 12.5 Å². The normalized spacial score (nSPS) is 16.7. The van der Waals surface area contributed by atoms with Crippen LogP contribution in [0, 0.1) is 5.92 Å². The molecule has 1 amide bonds. The molecule has 112 valence electrons. The van der Waals surface area contributed by atoms with E-state index in [4.69, 9.17) is 4.74 Å². The average Bonchev–Trinajstić information content (AvgIpc) is 2.59. The van der Waals surface area contributed by atoms with Crippen LogP contribution in [0.4, 0.5) is 10.5 Å². The summed E-state index contributed by atoms with van der Waals surface area (Å²) >= 11 is 0. The number of hydrogen-bond acceptors (Lipinski definition) is 3. The van der Waals surface area contributed by atoms with E-state index in [-0.39, 0.29) is 12.5 Å². The molecule has 0 N–H and O–H groups in total. The molecule has 0 aromatic heterocycles. The number of carbonyl (C=O) groups is 2. The first-order valence-corrected chi connectivity index (χ1v) is 7.29. The number of aldehydes is 1. The maximum atomic E-state index is 12.4. The van der Waals surface area contributed by atoms with Gasteiger partial charge in [-0.25, -0.2) is 4.79 Å². The van der Waals surface area contributed by atoms with Crippen molar-refractivity contribution in [3.05, 3.63) is 65.7 Å². The lowest BCUT2D eigenvalue weighted by atomic mass is 9.94. The summed E-state index contributed by atoms with van der Waals surface area (Å²) in [5.74, 6) is -0.181. The molecule has 1 unspecified atom stereocenters. The van der Waals surface area contributed by atoms with E-state index >= 15 is 0 Å². The number of benzene rings is 2. The van der Waals surface area contributed by atoms with Crippen molar-refractivity contribution < 1.29 is 14.3 Å². The molecule has 0 fully saturated rings. The van der Waals surface area contributed by atoms with Gasteiger partial charge in [-0.3, -0.25) is 4.90 Å². The van der Waals surface area contributed by atoms with Crippen LogP contribution in [0.5, 0.6) is 0 Å². The van der Waals surface area contributed by atoms with Crippen molar-refractivity contribution in [2.24, 2.45) is 5.92 Å². The fourth-order valence-corrected chi connectivity index (χ4v) is 2.69. The first-order chi connectivity index (χ1) is 10.8. The lowest BCUT2D eigenvalue weighted by Crippen LogP contribution is -2.40. The van der Waals surface area contributed by atoms with Crippen LogP contribution in [0.2, 0.25) is 0 Å². The molecule has 2 aromatic carbocycles. The zero-order valence-electron chi connectivity index (χ0n) is 12.1. The predicted molar refractivity (Wildman–Crippen MR) is 83.7 cm³/mol. The Balaban J connectivity index is 1.75. The van der Waals surface area contributed by atoms with Crippen LogP contribution in [0.15, 0.2) is 54.6 Å². The summed E-state index contributed by atoms with van der Waals surface area (Å²) in [4.78, 5) is 25.1. The standard InChI is InChI=1S/C18H17NO3/c20-12-15-10-16-8-4-5-9-17(16)19(11-15)18(21)22-13-14-6-2-1-3-7-14/h1-9,12,15H,10-11,13H2. The van der Waals surface area contributed by atoms with E-state index < -0.39 is 6.09 Å². The van der Waals surface area contributed by atoms with Crippen molar-refractivity contribution in [3.63, 3.8) is 0 Å². The van der Waals surface area contributed by atoms with E-state index in [1.165, 1.54) is 0 Å². The number of nitrogens with zero attached hydrogens (tertiary/aromatic N) is 1. The molecule has 2 aromatic rings. The molecule has 22 heavy (non-hydrogen) atoms. The molecule has 1 aliphatic heterocycles. The first kappa shape index (κ1) is 14.3. The van der Waals surface area contributed by atoms with Crippen molar-refractivity contribution in [1.82, 2.24) is 0 Å². The van der Waals surface area contributed by atoms with E-state index in [9.17, 15) is 9.59 Å². The van der Waals surface area contributed by atoms with Crippen molar-refractivity contribution in [2.45, 2.75) is 13.0 Å². The van der Waals surface area contributed by atoms with Gasteiger partial charge in [0.25, 0.3) is 0 Å². The molecular weight excluding hydrogens is 278 g/mol. The van der Waals surface area contributed by atoms with Gasteiger partial charge in [-0.15, -0.1) is 0 Å². The molecular formula is C18H17NO3. The Labute approximate surface area is 129 Å². The summed E-state index contributed by atoms with van der Waals surface area (Å²) in [5, 5.41) is 0. The highest BCUT2D eigenvalue weighted by Gasteiger charge is 2.28. The average molecular weight is 295 g/mol. The van der Waals surface area contributed by atoms with Crippen molar-refractivity contribution in [2.75, 3.05) is 11.4 Å². The first-order valence-electron chi connectivity index (χ1n) is 7.29. The highest BCUT2D eigenvalue weighted by Crippen LogP contribution is 2.29. The number of anilines is 1. The zero-order chi connectivity index (χ0) is 15.4. The number of para-hydroxylation sites is 1. The van der Waals surface area contributed by atoms with Gasteiger partial charge in [0.2, 0.25) is 0 Å². The van der Waals surface area contributed by atoms with Gasteiger partial charge >= 0.3 is 6.09 Å². The summed E-state index contributed by atoms with van der Waals surface area (Å²) in [6, 6.07) is 17.2. The van der Waals surface area contributed by atoms with Crippen LogP contribution >= 0.6 is 0 Å². The number of amides is 1. The second-order valence-electron chi connectivity index (χ2n) is 5.38. The Morgan fingerprint density at radius 2 is 1.86 bits per heavy atom. The lowest BCUT2D eigenvalue weighted by Gasteiger charge is -2.31. The monoisotopic (exact) mass is 295 g/mol. The number of carbonyl (C=O) groups excluding carboxylic acids is 2.